The van der Waals surface area contributed by atoms with Crippen LogP contribution in [0.3, 0.4) is 0 Å². The Morgan fingerprint density at radius 1 is 1.00 bits per heavy atom. The quantitative estimate of drug-likeness (QED) is 0.411. The second-order valence-corrected chi connectivity index (χ2v) is 8.25. The first kappa shape index (κ1) is 20.7. The number of benzene rings is 2. The largest absolute Gasteiger partial charge is 0.345 e. The summed E-state index contributed by atoms with van der Waals surface area (Å²) < 4.78 is 3.82. The van der Waals surface area contributed by atoms with Gasteiger partial charge >= 0.3 is 0 Å². The van der Waals surface area contributed by atoms with Gasteiger partial charge in [0.2, 0.25) is 0 Å². The van der Waals surface area contributed by atoms with Crippen LogP contribution in [0.5, 0.6) is 0 Å². The predicted octanol–water partition coefficient (Wildman–Crippen LogP) is 5.23. The molecule has 164 valence electrons. The Balaban J connectivity index is 1.46. The molecule has 0 saturated heterocycles. The summed E-state index contributed by atoms with van der Waals surface area (Å²) in [7, 11) is 1.88. The SMILES string of the molecule is Cc1nn(C)cc1-c1cc(C(=O)NC(C)c2ccc(-n3cccc3)cc2)c2ccccc2n1. The first-order valence-corrected chi connectivity index (χ1v) is 10.9. The van der Waals surface area contributed by atoms with Crippen molar-refractivity contribution in [3.8, 4) is 16.9 Å². The number of hydrogen-bond donors (Lipinski definition) is 1. The second kappa shape index (κ2) is 8.39. The summed E-state index contributed by atoms with van der Waals surface area (Å²) >= 11 is 0. The maximum Gasteiger partial charge on any atom is 0.252 e. The molecule has 1 atom stereocenters. The van der Waals surface area contributed by atoms with Gasteiger partial charge in [-0.15, -0.1) is 0 Å². The Labute approximate surface area is 192 Å². The molecule has 6 nitrogen and oxygen atoms in total. The normalized spacial score (nSPS) is 12.1. The molecule has 0 aliphatic carbocycles. The van der Waals surface area contributed by atoms with Crippen molar-refractivity contribution >= 4 is 16.8 Å². The number of carbonyl (C=O) groups is 1. The maximum absolute atomic E-state index is 13.4. The van der Waals surface area contributed by atoms with Gasteiger partial charge in [0.05, 0.1) is 28.5 Å². The number of nitrogens with zero attached hydrogens (tertiary/aromatic N) is 4. The fraction of sp³-hybridized carbons (Fsp3) is 0.148. The van der Waals surface area contributed by atoms with E-state index >= 15 is 0 Å². The third-order valence-electron chi connectivity index (χ3n) is 5.89. The van der Waals surface area contributed by atoms with E-state index in [-0.39, 0.29) is 11.9 Å². The smallest absolute Gasteiger partial charge is 0.252 e. The average Bonchev–Trinajstić information content (AvgIpc) is 3.48. The zero-order valence-corrected chi connectivity index (χ0v) is 18.9. The first-order chi connectivity index (χ1) is 16.0. The monoisotopic (exact) mass is 435 g/mol. The van der Waals surface area contributed by atoms with Crippen LogP contribution in [0.25, 0.3) is 27.8 Å². The molecule has 0 aliphatic rings. The molecule has 0 aliphatic heterocycles. The van der Waals surface area contributed by atoms with Gasteiger partial charge in [-0.3, -0.25) is 9.48 Å². The standard InChI is InChI=1S/C27H25N5O/c1-18(20-10-12-21(13-11-20)32-14-6-7-15-32)28-27(33)23-16-26(24-17-31(3)30-19(24)2)29-25-9-5-4-8-22(23)25/h4-18H,1-3H3,(H,28,33). The minimum atomic E-state index is -0.147. The van der Waals surface area contributed by atoms with Gasteiger partial charge in [-0.2, -0.15) is 5.10 Å². The zero-order chi connectivity index (χ0) is 22.9. The van der Waals surface area contributed by atoms with Gasteiger partial charge in [0, 0.05) is 42.3 Å². The molecule has 0 spiro atoms. The Morgan fingerprint density at radius 3 is 2.42 bits per heavy atom. The van der Waals surface area contributed by atoms with E-state index in [2.05, 4.69) is 39.2 Å². The van der Waals surface area contributed by atoms with Crippen LogP contribution in [-0.4, -0.2) is 25.2 Å². The molecule has 0 fully saturated rings. The van der Waals surface area contributed by atoms with Crippen LogP contribution in [0.2, 0.25) is 0 Å². The predicted molar refractivity (Wildman–Crippen MR) is 130 cm³/mol. The maximum atomic E-state index is 13.4. The zero-order valence-electron chi connectivity index (χ0n) is 18.9. The Hall–Kier alpha value is -4.19. The summed E-state index contributed by atoms with van der Waals surface area (Å²) in [5.74, 6) is -0.127. The summed E-state index contributed by atoms with van der Waals surface area (Å²) in [5.41, 5.74) is 6.06. The Morgan fingerprint density at radius 2 is 1.73 bits per heavy atom. The summed E-state index contributed by atoms with van der Waals surface area (Å²) in [6.45, 7) is 3.95. The van der Waals surface area contributed by atoms with E-state index in [1.165, 1.54) is 0 Å². The van der Waals surface area contributed by atoms with E-state index in [0.29, 0.717) is 5.56 Å². The molecule has 0 radical (unpaired) electrons. The Bertz CT molecular complexity index is 1430. The molecule has 3 heterocycles. The summed E-state index contributed by atoms with van der Waals surface area (Å²) in [5, 5.41) is 8.42. The highest BCUT2D eigenvalue weighted by Gasteiger charge is 2.18. The highest BCUT2D eigenvalue weighted by Crippen LogP contribution is 2.27. The molecule has 1 N–H and O–H groups in total. The van der Waals surface area contributed by atoms with Crippen LogP contribution in [0.4, 0.5) is 0 Å². The molecular weight excluding hydrogens is 410 g/mol. The number of hydrogen-bond acceptors (Lipinski definition) is 3. The number of fused-ring (bicyclic) bond motifs is 1. The van der Waals surface area contributed by atoms with Crippen LogP contribution < -0.4 is 5.32 Å². The number of para-hydroxylation sites is 1. The third kappa shape index (κ3) is 4.03. The molecule has 0 saturated carbocycles. The third-order valence-corrected chi connectivity index (χ3v) is 5.89. The molecule has 33 heavy (non-hydrogen) atoms. The lowest BCUT2D eigenvalue weighted by atomic mass is 10.0. The highest BCUT2D eigenvalue weighted by atomic mass is 16.1. The lowest BCUT2D eigenvalue weighted by Gasteiger charge is -2.16. The fourth-order valence-corrected chi connectivity index (χ4v) is 4.15. The average molecular weight is 436 g/mol. The first-order valence-electron chi connectivity index (χ1n) is 10.9. The Kier molecular flexibility index (Phi) is 5.26. The molecule has 1 amide bonds. The van der Waals surface area contributed by atoms with Gasteiger partial charge in [0.1, 0.15) is 0 Å². The van der Waals surface area contributed by atoms with Crippen molar-refractivity contribution < 1.29 is 4.79 Å². The van der Waals surface area contributed by atoms with Gasteiger partial charge in [-0.05, 0) is 55.8 Å². The summed E-state index contributed by atoms with van der Waals surface area (Å²) in [4.78, 5) is 18.2. The molecule has 0 bridgehead atoms. The number of pyridine rings is 1. The van der Waals surface area contributed by atoms with E-state index in [4.69, 9.17) is 4.98 Å². The van der Waals surface area contributed by atoms with Crippen molar-refractivity contribution in [2.75, 3.05) is 0 Å². The van der Waals surface area contributed by atoms with Gasteiger partial charge in [-0.25, -0.2) is 4.98 Å². The van der Waals surface area contributed by atoms with Crippen LogP contribution in [-0.2, 0) is 7.05 Å². The molecule has 2 aromatic carbocycles. The summed E-state index contributed by atoms with van der Waals surface area (Å²) in [6.07, 6.45) is 5.95. The molecule has 6 heteroatoms. The van der Waals surface area contributed by atoms with Crippen molar-refractivity contribution in [2.24, 2.45) is 7.05 Å². The van der Waals surface area contributed by atoms with Gasteiger partial charge in [-0.1, -0.05) is 30.3 Å². The molecule has 5 aromatic rings. The van der Waals surface area contributed by atoms with Crippen molar-refractivity contribution in [1.82, 2.24) is 24.6 Å². The van der Waals surface area contributed by atoms with Crippen molar-refractivity contribution in [3.05, 3.63) is 102 Å². The minimum Gasteiger partial charge on any atom is -0.345 e. The van der Waals surface area contributed by atoms with Gasteiger partial charge < -0.3 is 9.88 Å². The van der Waals surface area contributed by atoms with Crippen molar-refractivity contribution in [1.29, 1.82) is 0 Å². The molecule has 5 rings (SSSR count). The summed E-state index contributed by atoms with van der Waals surface area (Å²) in [6, 6.07) is 21.7. The van der Waals surface area contributed by atoms with E-state index in [1.807, 2.05) is 82.0 Å². The number of rotatable bonds is 5. The number of amides is 1. The number of aromatic nitrogens is 4. The van der Waals surface area contributed by atoms with E-state index in [9.17, 15) is 4.79 Å². The lowest BCUT2D eigenvalue weighted by molar-refractivity contribution is 0.0941. The van der Waals surface area contributed by atoms with E-state index in [0.717, 1.165) is 39.1 Å². The molecular formula is C27H25N5O. The number of nitrogens with one attached hydrogen (secondary N) is 1. The topological polar surface area (TPSA) is 64.7 Å². The van der Waals surface area contributed by atoms with Gasteiger partial charge in [0.15, 0.2) is 0 Å². The van der Waals surface area contributed by atoms with Crippen LogP contribution in [0.15, 0.2) is 85.3 Å². The molecule has 3 aromatic heterocycles. The number of carbonyl (C=O) groups excluding carboxylic acids is 1. The fourth-order valence-electron chi connectivity index (χ4n) is 4.15. The van der Waals surface area contributed by atoms with Crippen LogP contribution in [0, 0.1) is 6.92 Å². The van der Waals surface area contributed by atoms with E-state index in [1.54, 1.807) is 4.68 Å². The van der Waals surface area contributed by atoms with Crippen LogP contribution in [0.1, 0.15) is 34.6 Å². The van der Waals surface area contributed by atoms with Crippen molar-refractivity contribution in [2.45, 2.75) is 19.9 Å². The van der Waals surface area contributed by atoms with E-state index < -0.39 is 0 Å². The lowest BCUT2D eigenvalue weighted by Crippen LogP contribution is -2.27. The van der Waals surface area contributed by atoms with Gasteiger partial charge in [0.25, 0.3) is 5.91 Å². The van der Waals surface area contributed by atoms with Crippen LogP contribution >= 0.6 is 0 Å². The number of aryl methyl sites for hydroxylation is 2. The van der Waals surface area contributed by atoms with Crippen molar-refractivity contribution in [3.63, 3.8) is 0 Å². The minimum absolute atomic E-state index is 0.127. The highest BCUT2D eigenvalue weighted by molar-refractivity contribution is 6.07. The second-order valence-electron chi connectivity index (χ2n) is 8.25. The molecule has 1 unspecified atom stereocenters.